The molecule has 7 nitrogen and oxygen atoms in total. The highest BCUT2D eigenvalue weighted by Crippen LogP contribution is 2.32. The summed E-state index contributed by atoms with van der Waals surface area (Å²) in [4.78, 5) is 27.9. The third-order valence-corrected chi connectivity index (χ3v) is 5.22. The third-order valence-electron chi connectivity index (χ3n) is 4.40. The van der Waals surface area contributed by atoms with Gasteiger partial charge in [-0.15, -0.1) is 11.3 Å². The number of nitrogens with zero attached hydrogens (tertiary/aromatic N) is 5. The molecular weight excluding hydrogens is 324 g/mol. The van der Waals surface area contributed by atoms with Gasteiger partial charge >= 0.3 is 0 Å². The number of primary amides is 1. The van der Waals surface area contributed by atoms with Crippen LogP contribution in [0.5, 0.6) is 0 Å². The number of carbonyl (C=O) groups excluding carboxylic acids is 1. The number of imidazole rings is 1. The molecule has 1 aliphatic rings. The first-order valence-electron chi connectivity index (χ1n) is 7.95. The molecule has 124 valence electrons. The molecule has 0 aromatic carbocycles. The van der Waals surface area contributed by atoms with Crippen LogP contribution >= 0.6 is 11.3 Å². The molecule has 3 aromatic rings. The number of hydrogen-bond acceptors (Lipinski definition) is 6. The molecule has 0 unspecified atom stereocenters. The summed E-state index contributed by atoms with van der Waals surface area (Å²) in [6.45, 7) is 1.97. The van der Waals surface area contributed by atoms with E-state index in [4.69, 9.17) is 5.73 Å². The van der Waals surface area contributed by atoms with Crippen LogP contribution in [0.4, 0.5) is 5.82 Å². The summed E-state index contributed by atoms with van der Waals surface area (Å²) in [6, 6.07) is 2.08. The number of hydrogen-bond donors (Lipinski definition) is 1. The SMILES string of the molecule is NC(=O)Cn1ccnc1[C@@H]1CCCN(c2ncnc3sccc23)C1. The summed E-state index contributed by atoms with van der Waals surface area (Å²) < 4.78 is 1.86. The van der Waals surface area contributed by atoms with Gasteiger partial charge in [-0.1, -0.05) is 0 Å². The second-order valence-corrected chi connectivity index (χ2v) is 6.90. The fourth-order valence-electron chi connectivity index (χ4n) is 3.39. The lowest BCUT2D eigenvalue weighted by molar-refractivity contribution is -0.118. The van der Waals surface area contributed by atoms with Gasteiger partial charge in [-0.3, -0.25) is 4.79 Å². The Morgan fingerprint density at radius 3 is 3.17 bits per heavy atom. The van der Waals surface area contributed by atoms with Crippen LogP contribution in [0.3, 0.4) is 0 Å². The van der Waals surface area contributed by atoms with Crippen LogP contribution in [-0.4, -0.2) is 38.5 Å². The summed E-state index contributed by atoms with van der Waals surface area (Å²) in [6.07, 6.45) is 7.29. The lowest BCUT2D eigenvalue weighted by atomic mass is 9.97. The van der Waals surface area contributed by atoms with Gasteiger partial charge in [0, 0.05) is 31.4 Å². The minimum absolute atomic E-state index is 0.175. The maximum absolute atomic E-state index is 11.3. The second-order valence-electron chi connectivity index (χ2n) is 6.00. The quantitative estimate of drug-likeness (QED) is 0.780. The van der Waals surface area contributed by atoms with Crippen LogP contribution in [0.15, 0.2) is 30.2 Å². The number of thiophene rings is 1. The predicted octanol–water partition coefficient (Wildman–Crippen LogP) is 1.76. The zero-order valence-electron chi connectivity index (χ0n) is 13.1. The third kappa shape index (κ3) is 2.73. The molecule has 0 radical (unpaired) electrons. The van der Waals surface area contributed by atoms with E-state index in [0.717, 1.165) is 47.8 Å². The van der Waals surface area contributed by atoms with Crippen molar-refractivity contribution in [2.24, 2.45) is 5.73 Å². The standard InChI is InChI=1S/C16H18N6OS/c17-13(23)9-22-6-4-18-14(22)11-2-1-5-21(8-11)15-12-3-7-24-16(12)20-10-19-15/h3-4,6-7,10-11H,1-2,5,8-9H2,(H2,17,23)/t11-/m1/s1. The van der Waals surface area contributed by atoms with Gasteiger partial charge in [0.15, 0.2) is 0 Å². The van der Waals surface area contributed by atoms with E-state index in [9.17, 15) is 4.79 Å². The van der Waals surface area contributed by atoms with E-state index in [2.05, 4.69) is 25.9 Å². The van der Waals surface area contributed by atoms with Gasteiger partial charge in [0.2, 0.25) is 5.91 Å². The Labute approximate surface area is 143 Å². The molecule has 1 atom stereocenters. The largest absolute Gasteiger partial charge is 0.368 e. The minimum atomic E-state index is -0.349. The molecule has 1 saturated heterocycles. The smallest absolute Gasteiger partial charge is 0.237 e. The Balaban J connectivity index is 1.61. The van der Waals surface area contributed by atoms with E-state index >= 15 is 0 Å². The second kappa shape index (κ2) is 6.20. The number of piperidine rings is 1. The van der Waals surface area contributed by atoms with Crippen molar-refractivity contribution in [3.05, 3.63) is 36.0 Å². The predicted molar refractivity (Wildman–Crippen MR) is 93.0 cm³/mol. The fraction of sp³-hybridized carbons (Fsp3) is 0.375. The fourth-order valence-corrected chi connectivity index (χ4v) is 4.12. The Morgan fingerprint density at radius 1 is 1.38 bits per heavy atom. The Kier molecular flexibility index (Phi) is 3.89. The van der Waals surface area contributed by atoms with Crippen molar-refractivity contribution in [2.45, 2.75) is 25.3 Å². The van der Waals surface area contributed by atoms with Gasteiger partial charge in [0.05, 0.1) is 5.39 Å². The minimum Gasteiger partial charge on any atom is -0.368 e. The number of amides is 1. The molecule has 0 bridgehead atoms. The van der Waals surface area contributed by atoms with Crippen LogP contribution in [0.25, 0.3) is 10.2 Å². The van der Waals surface area contributed by atoms with Crippen LogP contribution in [0, 0.1) is 0 Å². The summed E-state index contributed by atoms with van der Waals surface area (Å²) in [5.41, 5.74) is 5.34. The zero-order valence-corrected chi connectivity index (χ0v) is 13.9. The molecule has 1 amide bonds. The van der Waals surface area contributed by atoms with Crippen LogP contribution in [0.1, 0.15) is 24.6 Å². The summed E-state index contributed by atoms with van der Waals surface area (Å²) >= 11 is 1.63. The van der Waals surface area contributed by atoms with Crippen LogP contribution in [-0.2, 0) is 11.3 Å². The maximum atomic E-state index is 11.3. The first-order chi connectivity index (χ1) is 11.7. The molecule has 1 aliphatic heterocycles. The van der Waals surface area contributed by atoms with Crippen molar-refractivity contribution in [3.8, 4) is 0 Å². The monoisotopic (exact) mass is 342 g/mol. The lowest BCUT2D eigenvalue weighted by Crippen LogP contribution is -2.36. The number of rotatable bonds is 4. The van der Waals surface area contributed by atoms with Crippen LogP contribution in [0.2, 0.25) is 0 Å². The number of anilines is 1. The summed E-state index contributed by atoms with van der Waals surface area (Å²) in [7, 11) is 0. The normalized spacial score (nSPS) is 18.2. The molecule has 2 N–H and O–H groups in total. The molecule has 4 rings (SSSR count). The molecule has 4 heterocycles. The molecule has 1 fully saturated rings. The Morgan fingerprint density at radius 2 is 2.29 bits per heavy atom. The van der Waals surface area contributed by atoms with Crippen molar-refractivity contribution < 1.29 is 4.79 Å². The highest BCUT2D eigenvalue weighted by atomic mass is 32.1. The summed E-state index contributed by atoms with van der Waals surface area (Å²) in [5.74, 6) is 1.82. The van der Waals surface area contributed by atoms with E-state index in [0.29, 0.717) is 0 Å². The first kappa shape index (κ1) is 15.1. The van der Waals surface area contributed by atoms with E-state index in [1.54, 1.807) is 23.9 Å². The first-order valence-corrected chi connectivity index (χ1v) is 8.83. The van der Waals surface area contributed by atoms with Gasteiger partial charge in [-0.2, -0.15) is 0 Å². The number of aromatic nitrogens is 4. The van der Waals surface area contributed by atoms with E-state index < -0.39 is 0 Å². The lowest BCUT2D eigenvalue weighted by Gasteiger charge is -2.33. The van der Waals surface area contributed by atoms with E-state index in [-0.39, 0.29) is 18.4 Å². The molecular formula is C16H18N6OS. The van der Waals surface area contributed by atoms with Crippen molar-refractivity contribution in [2.75, 3.05) is 18.0 Å². The van der Waals surface area contributed by atoms with Crippen molar-refractivity contribution >= 4 is 33.3 Å². The molecule has 24 heavy (non-hydrogen) atoms. The van der Waals surface area contributed by atoms with Gasteiger partial charge in [-0.25, -0.2) is 15.0 Å². The highest BCUT2D eigenvalue weighted by Gasteiger charge is 2.26. The highest BCUT2D eigenvalue weighted by molar-refractivity contribution is 7.16. The average Bonchev–Trinajstić information content (AvgIpc) is 3.23. The van der Waals surface area contributed by atoms with Gasteiger partial charge < -0.3 is 15.2 Å². The van der Waals surface area contributed by atoms with E-state index in [1.807, 2.05) is 16.1 Å². The number of nitrogens with two attached hydrogens (primary N) is 1. The number of fused-ring (bicyclic) bond motifs is 1. The number of carbonyl (C=O) groups is 1. The van der Waals surface area contributed by atoms with Crippen molar-refractivity contribution in [1.29, 1.82) is 0 Å². The van der Waals surface area contributed by atoms with Gasteiger partial charge in [0.25, 0.3) is 0 Å². The average molecular weight is 342 g/mol. The van der Waals surface area contributed by atoms with Crippen molar-refractivity contribution in [3.63, 3.8) is 0 Å². The Hall–Kier alpha value is -2.48. The molecule has 0 aliphatic carbocycles. The molecule has 8 heteroatoms. The van der Waals surface area contributed by atoms with Crippen molar-refractivity contribution in [1.82, 2.24) is 19.5 Å². The topological polar surface area (TPSA) is 89.9 Å². The summed E-state index contributed by atoms with van der Waals surface area (Å²) in [5, 5.41) is 3.15. The van der Waals surface area contributed by atoms with Crippen LogP contribution < -0.4 is 10.6 Å². The Bertz CT molecular complexity index is 872. The van der Waals surface area contributed by atoms with Gasteiger partial charge in [-0.05, 0) is 24.3 Å². The van der Waals surface area contributed by atoms with E-state index in [1.165, 1.54) is 0 Å². The molecule has 3 aromatic heterocycles. The molecule has 0 spiro atoms. The molecule has 0 saturated carbocycles. The van der Waals surface area contributed by atoms with Gasteiger partial charge in [0.1, 0.15) is 29.3 Å². The maximum Gasteiger partial charge on any atom is 0.237 e. The zero-order chi connectivity index (χ0) is 16.5.